The zero-order valence-corrected chi connectivity index (χ0v) is 12.1. The average Bonchev–Trinajstić information content (AvgIpc) is 2.41. The molecule has 2 saturated carbocycles. The molecule has 0 heterocycles. The van der Waals surface area contributed by atoms with Gasteiger partial charge in [-0.1, -0.05) is 19.3 Å². The third kappa shape index (κ3) is 6.00. The second-order valence-corrected chi connectivity index (χ2v) is 6.35. The molecule has 0 atom stereocenters. The maximum absolute atomic E-state index is 12.0. The maximum Gasteiger partial charge on any atom is 0.411 e. The van der Waals surface area contributed by atoms with Crippen molar-refractivity contribution < 1.29 is 17.9 Å². The van der Waals surface area contributed by atoms with Gasteiger partial charge in [-0.2, -0.15) is 13.2 Å². The van der Waals surface area contributed by atoms with Crippen molar-refractivity contribution in [3.63, 3.8) is 0 Å². The highest BCUT2D eigenvalue weighted by atomic mass is 19.4. The lowest BCUT2D eigenvalue weighted by Gasteiger charge is -2.33. The molecule has 118 valence electrons. The lowest BCUT2D eigenvalue weighted by atomic mass is 9.85. The van der Waals surface area contributed by atoms with Gasteiger partial charge in [-0.25, -0.2) is 0 Å². The summed E-state index contributed by atoms with van der Waals surface area (Å²) in [5.41, 5.74) is 0. The Morgan fingerprint density at radius 1 is 0.850 bits per heavy atom. The number of nitrogens with one attached hydrogen (secondary N) is 1. The van der Waals surface area contributed by atoms with Gasteiger partial charge < -0.3 is 10.1 Å². The van der Waals surface area contributed by atoms with Crippen molar-refractivity contribution in [1.29, 1.82) is 0 Å². The first-order chi connectivity index (χ1) is 9.53. The molecule has 2 nitrogen and oxygen atoms in total. The fourth-order valence-electron chi connectivity index (χ4n) is 3.44. The predicted octanol–water partition coefficient (Wildman–Crippen LogP) is 4.05. The average molecular weight is 293 g/mol. The van der Waals surface area contributed by atoms with Crippen molar-refractivity contribution in [1.82, 2.24) is 5.32 Å². The van der Waals surface area contributed by atoms with E-state index >= 15 is 0 Å². The highest BCUT2D eigenvalue weighted by molar-refractivity contribution is 4.82. The van der Waals surface area contributed by atoms with E-state index in [1.165, 1.54) is 32.1 Å². The summed E-state index contributed by atoms with van der Waals surface area (Å²) in [7, 11) is 0. The van der Waals surface area contributed by atoms with Gasteiger partial charge in [0.15, 0.2) is 0 Å². The van der Waals surface area contributed by atoms with Crippen LogP contribution in [0.2, 0.25) is 0 Å². The van der Waals surface area contributed by atoms with Crippen LogP contribution in [0, 0.1) is 5.92 Å². The summed E-state index contributed by atoms with van der Waals surface area (Å²) in [5, 5.41) is 3.74. The van der Waals surface area contributed by atoms with Gasteiger partial charge in [0.2, 0.25) is 0 Å². The van der Waals surface area contributed by atoms with E-state index in [4.69, 9.17) is 4.74 Å². The van der Waals surface area contributed by atoms with Crippen molar-refractivity contribution in [3.05, 3.63) is 0 Å². The third-order valence-corrected chi connectivity index (χ3v) is 4.54. The van der Waals surface area contributed by atoms with E-state index in [2.05, 4.69) is 5.32 Å². The first kappa shape index (κ1) is 16.1. The van der Waals surface area contributed by atoms with Crippen LogP contribution >= 0.6 is 0 Å². The minimum absolute atomic E-state index is 0.260. The van der Waals surface area contributed by atoms with Crippen molar-refractivity contribution >= 4 is 0 Å². The summed E-state index contributed by atoms with van der Waals surface area (Å²) in [6, 6.07) is 1.24. The molecule has 0 amide bonds. The summed E-state index contributed by atoms with van der Waals surface area (Å²) in [6.45, 7) is -0.844. The Morgan fingerprint density at radius 2 is 1.45 bits per heavy atom. The molecule has 20 heavy (non-hydrogen) atoms. The van der Waals surface area contributed by atoms with Gasteiger partial charge in [-0.15, -0.1) is 0 Å². The summed E-state index contributed by atoms with van der Waals surface area (Å²) in [5.74, 6) is 0.307. The van der Waals surface area contributed by atoms with E-state index in [1.807, 2.05) is 0 Å². The second kappa shape index (κ2) is 7.64. The molecular weight excluding hydrogens is 267 g/mol. The minimum Gasteiger partial charge on any atom is -0.372 e. The normalized spacial score (nSPS) is 29.6. The molecule has 1 N–H and O–H groups in total. The third-order valence-electron chi connectivity index (χ3n) is 4.54. The van der Waals surface area contributed by atoms with Crippen LogP contribution in [-0.4, -0.2) is 31.5 Å². The van der Waals surface area contributed by atoms with Crippen molar-refractivity contribution in [2.24, 2.45) is 5.92 Å². The van der Waals surface area contributed by atoms with E-state index < -0.39 is 12.8 Å². The van der Waals surface area contributed by atoms with Gasteiger partial charge in [0.05, 0.1) is 0 Å². The van der Waals surface area contributed by atoms with E-state index in [1.54, 1.807) is 0 Å². The summed E-state index contributed by atoms with van der Waals surface area (Å²) in [4.78, 5) is 0. The summed E-state index contributed by atoms with van der Waals surface area (Å²) >= 11 is 0. The van der Waals surface area contributed by atoms with E-state index in [-0.39, 0.29) is 6.61 Å². The summed E-state index contributed by atoms with van der Waals surface area (Å²) < 4.78 is 40.8. The van der Waals surface area contributed by atoms with Gasteiger partial charge in [0, 0.05) is 18.7 Å². The lowest BCUT2D eigenvalue weighted by Crippen LogP contribution is -2.41. The summed E-state index contributed by atoms with van der Waals surface area (Å²) in [6.07, 6.45) is 6.54. The Morgan fingerprint density at radius 3 is 2.05 bits per heavy atom. The Hall–Kier alpha value is -0.290. The molecule has 5 heteroatoms. The van der Waals surface area contributed by atoms with Crippen molar-refractivity contribution in [2.75, 3.05) is 13.2 Å². The number of hydrogen-bond donors (Lipinski definition) is 1. The van der Waals surface area contributed by atoms with E-state index in [0.29, 0.717) is 18.0 Å². The number of rotatable bonds is 5. The zero-order valence-electron chi connectivity index (χ0n) is 12.1. The second-order valence-electron chi connectivity index (χ2n) is 6.35. The van der Waals surface area contributed by atoms with Crippen LogP contribution in [0.3, 0.4) is 0 Å². The molecule has 2 aliphatic carbocycles. The topological polar surface area (TPSA) is 21.3 Å². The highest BCUT2D eigenvalue weighted by Gasteiger charge is 2.29. The van der Waals surface area contributed by atoms with Crippen LogP contribution in [0.4, 0.5) is 13.2 Å². The first-order valence-electron chi connectivity index (χ1n) is 7.93. The van der Waals surface area contributed by atoms with Crippen LogP contribution in [0.5, 0.6) is 0 Å². The Labute approximate surface area is 119 Å². The zero-order chi connectivity index (χ0) is 14.4. The Balaban J connectivity index is 1.57. The monoisotopic (exact) mass is 293 g/mol. The number of hydrogen-bond acceptors (Lipinski definition) is 2. The molecule has 0 spiro atoms. The molecule has 0 unspecified atom stereocenters. The Bertz CT molecular complexity index is 269. The number of ether oxygens (including phenoxy) is 1. The molecule has 2 aliphatic rings. The molecule has 0 bridgehead atoms. The largest absolute Gasteiger partial charge is 0.411 e. The number of halogens is 3. The molecular formula is C15H26F3NO. The van der Waals surface area contributed by atoms with Crippen LogP contribution in [0.1, 0.15) is 57.8 Å². The molecule has 0 saturated heterocycles. The van der Waals surface area contributed by atoms with Crippen LogP contribution in [-0.2, 0) is 4.74 Å². The molecule has 2 rings (SSSR count). The lowest BCUT2D eigenvalue weighted by molar-refractivity contribution is -0.177. The fraction of sp³-hybridized carbons (Fsp3) is 1.00. The van der Waals surface area contributed by atoms with Crippen LogP contribution in [0.25, 0.3) is 0 Å². The minimum atomic E-state index is -4.19. The molecule has 0 aliphatic heterocycles. The number of alkyl halides is 3. The van der Waals surface area contributed by atoms with Gasteiger partial charge in [0.1, 0.15) is 6.61 Å². The standard InChI is InChI=1S/C15H26F3NO/c16-15(17,18)11-20-10-12-6-8-14(9-7-12)19-13-4-2-1-3-5-13/h12-14,19H,1-11H2. The smallest absolute Gasteiger partial charge is 0.372 e. The Kier molecular flexibility index (Phi) is 6.15. The van der Waals surface area contributed by atoms with Gasteiger partial charge >= 0.3 is 6.18 Å². The van der Waals surface area contributed by atoms with Gasteiger partial charge in [0.25, 0.3) is 0 Å². The van der Waals surface area contributed by atoms with Crippen molar-refractivity contribution in [3.8, 4) is 0 Å². The molecule has 2 fully saturated rings. The van der Waals surface area contributed by atoms with Crippen LogP contribution < -0.4 is 5.32 Å². The van der Waals surface area contributed by atoms with Gasteiger partial charge in [-0.3, -0.25) is 0 Å². The molecule has 0 aromatic carbocycles. The van der Waals surface area contributed by atoms with Crippen LogP contribution in [0.15, 0.2) is 0 Å². The van der Waals surface area contributed by atoms with Crippen molar-refractivity contribution in [2.45, 2.75) is 76.0 Å². The van der Waals surface area contributed by atoms with E-state index in [9.17, 15) is 13.2 Å². The molecule has 0 radical (unpaired) electrons. The highest BCUT2D eigenvalue weighted by Crippen LogP contribution is 2.27. The molecule has 0 aromatic rings. The van der Waals surface area contributed by atoms with E-state index in [0.717, 1.165) is 25.7 Å². The first-order valence-corrected chi connectivity index (χ1v) is 7.93. The molecule has 0 aromatic heterocycles. The predicted molar refractivity (Wildman–Crippen MR) is 72.6 cm³/mol. The fourth-order valence-corrected chi connectivity index (χ4v) is 3.44. The maximum atomic E-state index is 12.0. The van der Waals surface area contributed by atoms with Gasteiger partial charge in [-0.05, 0) is 44.4 Å². The quantitative estimate of drug-likeness (QED) is 0.826. The SMILES string of the molecule is FC(F)(F)COCC1CCC(NC2CCCCC2)CC1.